The molecule has 8 heteroatoms. The zero-order valence-electron chi connectivity index (χ0n) is 10.8. The summed E-state index contributed by atoms with van der Waals surface area (Å²) in [5.74, 6) is -0.320. The van der Waals surface area contributed by atoms with Gasteiger partial charge in [0.05, 0.1) is 4.90 Å². The molecule has 0 fully saturated rings. The summed E-state index contributed by atoms with van der Waals surface area (Å²) in [5, 5.41) is 2.42. The number of ether oxygens (including phenoxy) is 2. The Kier molecular flexibility index (Phi) is 4.46. The first-order valence-corrected chi connectivity index (χ1v) is 7.77. The Balaban J connectivity index is 2.15. The van der Waals surface area contributed by atoms with Crippen LogP contribution in [0.25, 0.3) is 0 Å². The fourth-order valence-corrected chi connectivity index (χ4v) is 2.91. The monoisotopic (exact) mass is 300 g/mol. The summed E-state index contributed by atoms with van der Waals surface area (Å²) in [5.41, 5.74) is 5.23. The average molecular weight is 300 g/mol. The van der Waals surface area contributed by atoms with Crippen LogP contribution >= 0.6 is 0 Å². The van der Waals surface area contributed by atoms with Crippen LogP contribution in [-0.2, 0) is 14.6 Å². The number of fused-ring (bicyclic) bond motifs is 1. The minimum absolute atomic E-state index is 0.0321. The fourth-order valence-electron chi connectivity index (χ4n) is 1.74. The van der Waals surface area contributed by atoms with Crippen LogP contribution in [0.3, 0.4) is 0 Å². The van der Waals surface area contributed by atoms with Crippen molar-refractivity contribution in [1.82, 2.24) is 5.32 Å². The van der Waals surface area contributed by atoms with Gasteiger partial charge in [0.15, 0.2) is 21.3 Å². The first-order valence-electron chi connectivity index (χ1n) is 6.12. The third-order valence-corrected chi connectivity index (χ3v) is 4.27. The Bertz CT molecular complexity index is 600. The highest BCUT2D eigenvalue weighted by Gasteiger charge is 2.22. The van der Waals surface area contributed by atoms with E-state index in [9.17, 15) is 13.2 Å². The van der Waals surface area contributed by atoms with Crippen molar-refractivity contribution in [3.05, 3.63) is 18.2 Å². The van der Waals surface area contributed by atoms with Crippen LogP contribution in [-0.4, -0.2) is 46.4 Å². The van der Waals surface area contributed by atoms with Crippen LogP contribution < -0.4 is 20.5 Å². The lowest BCUT2D eigenvalue weighted by atomic mass is 10.3. The van der Waals surface area contributed by atoms with E-state index in [-0.39, 0.29) is 18.0 Å². The van der Waals surface area contributed by atoms with Gasteiger partial charge in [0.1, 0.15) is 19.0 Å². The molecule has 0 unspecified atom stereocenters. The number of sulfone groups is 1. The number of hydrogen-bond donors (Lipinski definition) is 2. The van der Waals surface area contributed by atoms with E-state index in [4.69, 9.17) is 15.2 Å². The van der Waals surface area contributed by atoms with E-state index in [1.54, 1.807) is 0 Å². The molecule has 0 aromatic heterocycles. The van der Waals surface area contributed by atoms with E-state index in [2.05, 4.69) is 5.32 Å². The zero-order valence-corrected chi connectivity index (χ0v) is 11.6. The van der Waals surface area contributed by atoms with Gasteiger partial charge in [0.25, 0.3) is 0 Å². The first-order chi connectivity index (χ1) is 9.53. The smallest absolute Gasteiger partial charge is 0.235 e. The third-order valence-electron chi connectivity index (χ3n) is 2.66. The molecule has 0 bridgehead atoms. The quantitative estimate of drug-likeness (QED) is 0.745. The minimum Gasteiger partial charge on any atom is -0.486 e. The van der Waals surface area contributed by atoms with Crippen molar-refractivity contribution in [2.24, 2.45) is 5.73 Å². The van der Waals surface area contributed by atoms with Crippen LogP contribution in [0.2, 0.25) is 0 Å². The number of benzene rings is 1. The van der Waals surface area contributed by atoms with Gasteiger partial charge >= 0.3 is 0 Å². The van der Waals surface area contributed by atoms with Gasteiger partial charge in [-0.15, -0.1) is 0 Å². The Morgan fingerprint density at radius 3 is 2.65 bits per heavy atom. The summed E-state index contributed by atoms with van der Waals surface area (Å²) in [6.45, 7) is 1.30. The van der Waals surface area contributed by atoms with Crippen molar-refractivity contribution < 1.29 is 22.7 Å². The Labute approximate surface area is 117 Å². The van der Waals surface area contributed by atoms with Crippen molar-refractivity contribution >= 4 is 15.7 Å². The molecule has 2 rings (SSSR count). The summed E-state index contributed by atoms with van der Waals surface area (Å²) >= 11 is 0. The molecule has 1 heterocycles. The second kappa shape index (κ2) is 6.10. The molecule has 0 saturated heterocycles. The van der Waals surface area contributed by atoms with Crippen LogP contribution in [0.1, 0.15) is 0 Å². The van der Waals surface area contributed by atoms with Crippen molar-refractivity contribution in [2.75, 3.05) is 32.1 Å². The molecule has 1 aliphatic heterocycles. The second-order valence-electron chi connectivity index (χ2n) is 4.20. The molecule has 3 N–H and O–H groups in total. The lowest BCUT2D eigenvalue weighted by molar-refractivity contribution is -0.118. The molecule has 0 saturated carbocycles. The zero-order chi connectivity index (χ0) is 14.6. The molecule has 1 aromatic rings. The maximum absolute atomic E-state index is 12.1. The lowest BCUT2D eigenvalue weighted by Gasteiger charge is -2.18. The van der Waals surface area contributed by atoms with E-state index < -0.39 is 21.5 Å². The van der Waals surface area contributed by atoms with Gasteiger partial charge in [-0.2, -0.15) is 0 Å². The van der Waals surface area contributed by atoms with E-state index in [0.29, 0.717) is 24.7 Å². The third kappa shape index (κ3) is 3.40. The van der Waals surface area contributed by atoms with Gasteiger partial charge in [0.2, 0.25) is 5.91 Å². The highest BCUT2D eigenvalue weighted by Crippen LogP contribution is 2.32. The maximum atomic E-state index is 12.1. The molecule has 0 atom stereocenters. The number of nitrogens with two attached hydrogens (primary N) is 1. The Hall–Kier alpha value is -1.80. The Morgan fingerprint density at radius 1 is 1.25 bits per heavy atom. The van der Waals surface area contributed by atoms with E-state index in [1.165, 1.54) is 18.2 Å². The van der Waals surface area contributed by atoms with E-state index in [0.717, 1.165) is 0 Å². The minimum atomic E-state index is -3.71. The number of carbonyl (C=O) groups excluding carboxylic acids is 1. The second-order valence-corrected chi connectivity index (χ2v) is 6.19. The van der Waals surface area contributed by atoms with Crippen molar-refractivity contribution in [1.29, 1.82) is 0 Å². The number of hydrogen-bond acceptors (Lipinski definition) is 6. The molecule has 1 aromatic carbocycles. The average Bonchev–Trinajstić information content (AvgIpc) is 2.44. The molecule has 110 valence electrons. The van der Waals surface area contributed by atoms with Crippen molar-refractivity contribution in [2.45, 2.75) is 4.90 Å². The van der Waals surface area contributed by atoms with Crippen LogP contribution in [0, 0.1) is 0 Å². The summed E-state index contributed by atoms with van der Waals surface area (Å²) in [7, 11) is -3.71. The van der Waals surface area contributed by atoms with Crippen molar-refractivity contribution in [3.63, 3.8) is 0 Å². The van der Waals surface area contributed by atoms with Crippen LogP contribution in [0.5, 0.6) is 11.5 Å². The number of nitrogens with one attached hydrogen (secondary N) is 1. The van der Waals surface area contributed by atoms with Gasteiger partial charge in [-0.05, 0) is 12.1 Å². The predicted octanol–water partition coefficient (Wildman–Crippen LogP) is -0.694. The molecule has 0 aliphatic carbocycles. The highest BCUT2D eigenvalue weighted by molar-refractivity contribution is 7.92. The molecule has 0 spiro atoms. The van der Waals surface area contributed by atoms with Crippen LogP contribution in [0.15, 0.2) is 23.1 Å². The van der Waals surface area contributed by atoms with Gasteiger partial charge in [0, 0.05) is 19.2 Å². The molecule has 1 amide bonds. The van der Waals surface area contributed by atoms with Crippen LogP contribution in [0.4, 0.5) is 0 Å². The predicted molar refractivity (Wildman–Crippen MR) is 71.5 cm³/mol. The standard InChI is InChI=1S/C12H16N2O5S/c13-3-4-14-12(15)8-20(16,17)9-1-2-10-11(7-9)19-6-5-18-10/h1-2,7H,3-6,8,13H2,(H,14,15). The summed E-state index contributed by atoms with van der Waals surface area (Å²) in [6, 6.07) is 4.30. The summed E-state index contributed by atoms with van der Waals surface area (Å²) in [4.78, 5) is 11.5. The number of carbonyl (C=O) groups is 1. The van der Waals surface area contributed by atoms with Gasteiger partial charge in [-0.25, -0.2) is 8.42 Å². The molecule has 7 nitrogen and oxygen atoms in total. The van der Waals surface area contributed by atoms with Gasteiger partial charge in [-0.1, -0.05) is 0 Å². The highest BCUT2D eigenvalue weighted by atomic mass is 32.2. The molecule has 20 heavy (non-hydrogen) atoms. The largest absolute Gasteiger partial charge is 0.486 e. The maximum Gasteiger partial charge on any atom is 0.235 e. The molecule has 1 aliphatic rings. The van der Waals surface area contributed by atoms with E-state index >= 15 is 0 Å². The Morgan fingerprint density at radius 2 is 1.95 bits per heavy atom. The topological polar surface area (TPSA) is 108 Å². The van der Waals surface area contributed by atoms with Crippen molar-refractivity contribution in [3.8, 4) is 11.5 Å². The summed E-state index contributed by atoms with van der Waals surface area (Å²) < 4.78 is 34.8. The van der Waals surface area contributed by atoms with Gasteiger partial charge in [-0.3, -0.25) is 4.79 Å². The number of amides is 1. The first kappa shape index (κ1) is 14.6. The number of rotatable bonds is 5. The fraction of sp³-hybridized carbons (Fsp3) is 0.417. The van der Waals surface area contributed by atoms with Gasteiger partial charge < -0.3 is 20.5 Å². The normalized spacial score (nSPS) is 13.8. The molecule has 0 radical (unpaired) electrons. The molecular formula is C12H16N2O5S. The molecular weight excluding hydrogens is 284 g/mol. The summed E-state index contributed by atoms with van der Waals surface area (Å²) in [6.07, 6.45) is 0. The SMILES string of the molecule is NCCNC(=O)CS(=O)(=O)c1ccc2c(c1)OCCO2. The lowest BCUT2D eigenvalue weighted by Crippen LogP contribution is -2.33. The van der Waals surface area contributed by atoms with E-state index in [1.807, 2.05) is 0 Å².